The van der Waals surface area contributed by atoms with Crippen molar-refractivity contribution in [1.82, 2.24) is 25.5 Å². The largest absolute Gasteiger partial charge is 0.465 e. The number of nitrogens with zero attached hydrogens (tertiary/aromatic N) is 4. The first kappa shape index (κ1) is 8.78. The van der Waals surface area contributed by atoms with Crippen molar-refractivity contribution in [2.45, 2.75) is 5.16 Å². The van der Waals surface area contributed by atoms with Crippen molar-refractivity contribution in [3.05, 3.63) is 0 Å². The summed E-state index contributed by atoms with van der Waals surface area (Å²) in [6.45, 7) is 0. The summed E-state index contributed by atoms with van der Waals surface area (Å²) in [7, 11) is 1.68. The van der Waals surface area contributed by atoms with Gasteiger partial charge in [0.05, 0.1) is 5.88 Å². The summed E-state index contributed by atoms with van der Waals surface area (Å²) in [5.74, 6) is 0.240. The zero-order chi connectivity index (χ0) is 8.97. The second-order valence-corrected chi connectivity index (χ2v) is 2.80. The van der Waals surface area contributed by atoms with Gasteiger partial charge >= 0.3 is 6.09 Å². The van der Waals surface area contributed by atoms with Gasteiger partial charge in [0, 0.05) is 7.05 Å². The first-order chi connectivity index (χ1) is 5.70. The third kappa shape index (κ3) is 2.38. The van der Waals surface area contributed by atoms with Crippen LogP contribution in [0.1, 0.15) is 0 Å². The molecule has 0 saturated carbocycles. The van der Waals surface area contributed by atoms with Crippen LogP contribution in [0.5, 0.6) is 0 Å². The maximum Gasteiger partial charge on any atom is 0.405 e. The molecule has 1 aromatic heterocycles. The van der Waals surface area contributed by atoms with E-state index in [9.17, 15) is 4.79 Å². The van der Waals surface area contributed by atoms with E-state index in [0.29, 0.717) is 5.16 Å². The number of nitrogens with one attached hydrogen (secondary N) is 1. The number of rotatable bonds is 3. The Hall–Kier alpha value is -1.31. The molecule has 0 spiro atoms. The standard InChI is InChI=1S/C4H7N5O2S/c1-9-3(6-7-8-9)12-2-5-4(10)11/h5H,2H2,1H3,(H,10,11). The summed E-state index contributed by atoms with van der Waals surface area (Å²) >= 11 is 1.22. The molecule has 0 aliphatic carbocycles. The number of tetrazole rings is 1. The fourth-order valence-corrected chi connectivity index (χ4v) is 1.15. The molecule has 1 aromatic rings. The monoisotopic (exact) mass is 189 g/mol. The van der Waals surface area contributed by atoms with Crippen molar-refractivity contribution in [1.29, 1.82) is 0 Å². The molecule has 0 fully saturated rings. The molecule has 0 unspecified atom stereocenters. The molecule has 66 valence electrons. The Labute approximate surface area is 72.1 Å². The van der Waals surface area contributed by atoms with Gasteiger partial charge in [-0.15, -0.1) is 5.10 Å². The van der Waals surface area contributed by atoms with Crippen molar-refractivity contribution in [2.75, 3.05) is 5.88 Å². The highest BCUT2D eigenvalue weighted by atomic mass is 32.2. The third-order valence-electron chi connectivity index (χ3n) is 1.01. The molecule has 7 nitrogen and oxygen atoms in total. The van der Waals surface area contributed by atoms with E-state index in [1.54, 1.807) is 7.05 Å². The van der Waals surface area contributed by atoms with Crippen molar-refractivity contribution in [3.8, 4) is 0 Å². The van der Waals surface area contributed by atoms with Gasteiger partial charge in [-0.2, -0.15) is 0 Å². The fourth-order valence-electron chi connectivity index (χ4n) is 0.506. The topological polar surface area (TPSA) is 92.9 Å². The predicted octanol–water partition coefficient (Wildman–Crippen LogP) is -0.473. The third-order valence-corrected chi connectivity index (χ3v) is 1.90. The Morgan fingerprint density at radius 3 is 3.08 bits per heavy atom. The van der Waals surface area contributed by atoms with Gasteiger partial charge in [-0.1, -0.05) is 11.8 Å². The molecule has 12 heavy (non-hydrogen) atoms. The first-order valence-electron chi connectivity index (χ1n) is 3.02. The molecule has 0 bridgehead atoms. The minimum absolute atomic E-state index is 0.240. The van der Waals surface area contributed by atoms with E-state index in [1.807, 2.05) is 0 Å². The molecule has 0 aliphatic rings. The van der Waals surface area contributed by atoms with Gasteiger partial charge in [0.25, 0.3) is 0 Å². The minimum atomic E-state index is -1.06. The molecule has 0 radical (unpaired) electrons. The van der Waals surface area contributed by atoms with Crippen LogP contribution in [0.15, 0.2) is 5.16 Å². The van der Waals surface area contributed by atoms with Crippen molar-refractivity contribution < 1.29 is 9.90 Å². The Morgan fingerprint density at radius 2 is 2.58 bits per heavy atom. The van der Waals surface area contributed by atoms with E-state index in [2.05, 4.69) is 20.8 Å². The summed E-state index contributed by atoms with van der Waals surface area (Å²) in [4.78, 5) is 10.0. The molecule has 1 rings (SSSR count). The zero-order valence-corrected chi connectivity index (χ0v) is 7.08. The van der Waals surface area contributed by atoms with Crippen LogP contribution in [0.4, 0.5) is 4.79 Å². The summed E-state index contributed by atoms with van der Waals surface area (Å²) in [6.07, 6.45) is -1.06. The minimum Gasteiger partial charge on any atom is -0.465 e. The lowest BCUT2D eigenvalue weighted by Crippen LogP contribution is -2.20. The van der Waals surface area contributed by atoms with Crippen LogP contribution in [0.2, 0.25) is 0 Å². The van der Waals surface area contributed by atoms with Crippen molar-refractivity contribution in [3.63, 3.8) is 0 Å². The second kappa shape index (κ2) is 3.90. The van der Waals surface area contributed by atoms with Gasteiger partial charge in [0.2, 0.25) is 5.16 Å². The average molecular weight is 189 g/mol. The summed E-state index contributed by atoms with van der Waals surface area (Å²) in [6, 6.07) is 0. The highest BCUT2D eigenvalue weighted by molar-refractivity contribution is 7.99. The molecule has 1 amide bonds. The maximum absolute atomic E-state index is 10.0. The number of aryl methyl sites for hydroxylation is 1. The summed E-state index contributed by atoms with van der Waals surface area (Å²) in [5.41, 5.74) is 0. The highest BCUT2D eigenvalue weighted by Crippen LogP contribution is 2.09. The van der Waals surface area contributed by atoms with Crippen LogP contribution >= 0.6 is 11.8 Å². The Bertz CT molecular complexity index is 274. The number of hydrogen-bond acceptors (Lipinski definition) is 5. The van der Waals surface area contributed by atoms with Crippen molar-refractivity contribution in [2.24, 2.45) is 7.05 Å². The van der Waals surface area contributed by atoms with Gasteiger partial charge in [-0.3, -0.25) is 0 Å². The Morgan fingerprint density at radius 1 is 1.83 bits per heavy atom. The van der Waals surface area contributed by atoms with Crippen LogP contribution < -0.4 is 5.32 Å². The van der Waals surface area contributed by atoms with Crippen molar-refractivity contribution >= 4 is 17.9 Å². The van der Waals surface area contributed by atoms with Crippen LogP contribution in [0.3, 0.4) is 0 Å². The van der Waals surface area contributed by atoms with Gasteiger partial charge < -0.3 is 10.4 Å². The average Bonchev–Trinajstić information content (AvgIpc) is 2.36. The first-order valence-corrected chi connectivity index (χ1v) is 4.00. The molecule has 0 aromatic carbocycles. The number of carbonyl (C=O) groups is 1. The molecule has 2 N–H and O–H groups in total. The molecule has 0 saturated heterocycles. The maximum atomic E-state index is 10.0. The van der Waals surface area contributed by atoms with Crippen LogP contribution in [0.25, 0.3) is 0 Å². The van der Waals surface area contributed by atoms with E-state index in [4.69, 9.17) is 5.11 Å². The van der Waals surface area contributed by atoms with E-state index in [1.165, 1.54) is 16.4 Å². The van der Waals surface area contributed by atoms with Gasteiger partial charge in [0.15, 0.2) is 0 Å². The van der Waals surface area contributed by atoms with E-state index in [-0.39, 0.29) is 5.88 Å². The molecular weight excluding hydrogens is 182 g/mol. The number of hydrogen-bond donors (Lipinski definition) is 2. The number of carboxylic acid groups (broad SMARTS) is 1. The quantitative estimate of drug-likeness (QED) is 0.493. The number of thioether (sulfide) groups is 1. The predicted molar refractivity (Wildman–Crippen MR) is 40.7 cm³/mol. The Kier molecular flexibility index (Phi) is 2.86. The summed E-state index contributed by atoms with van der Waals surface area (Å²) in [5, 5.41) is 21.6. The van der Waals surface area contributed by atoms with E-state index >= 15 is 0 Å². The molecule has 0 atom stereocenters. The SMILES string of the molecule is Cn1nnnc1SCNC(=O)O. The lowest BCUT2D eigenvalue weighted by atomic mass is 11.1. The zero-order valence-electron chi connectivity index (χ0n) is 6.26. The van der Waals surface area contributed by atoms with Crippen LogP contribution in [0, 0.1) is 0 Å². The molecule has 0 aliphatic heterocycles. The second-order valence-electron chi connectivity index (χ2n) is 1.86. The van der Waals surface area contributed by atoms with Crippen LogP contribution in [-0.2, 0) is 7.05 Å². The molecule has 8 heteroatoms. The lowest BCUT2D eigenvalue weighted by molar-refractivity contribution is 0.196. The number of aromatic nitrogens is 4. The smallest absolute Gasteiger partial charge is 0.405 e. The lowest BCUT2D eigenvalue weighted by Gasteiger charge is -1.97. The van der Waals surface area contributed by atoms with E-state index < -0.39 is 6.09 Å². The normalized spacial score (nSPS) is 9.75. The molecular formula is C4H7N5O2S. The van der Waals surface area contributed by atoms with Gasteiger partial charge in [-0.25, -0.2) is 9.48 Å². The molecule has 1 heterocycles. The van der Waals surface area contributed by atoms with Crippen LogP contribution in [-0.4, -0.2) is 37.3 Å². The number of amides is 1. The fraction of sp³-hybridized carbons (Fsp3) is 0.500. The van der Waals surface area contributed by atoms with E-state index in [0.717, 1.165) is 0 Å². The van der Waals surface area contributed by atoms with Gasteiger partial charge in [-0.05, 0) is 10.4 Å². The van der Waals surface area contributed by atoms with Gasteiger partial charge in [0.1, 0.15) is 0 Å². The summed E-state index contributed by atoms with van der Waals surface area (Å²) < 4.78 is 1.47. The Balaban J connectivity index is 2.33. The highest BCUT2D eigenvalue weighted by Gasteiger charge is 2.02.